The second-order valence-corrected chi connectivity index (χ2v) is 7.44. The van der Waals surface area contributed by atoms with Gasteiger partial charge in [-0.05, 0) is 12.5 Å². The van der Waals surface area contributed by atoms with Gasteiger partial charge in [0.25, 0.3) is 0 Å². The van der Waals surface area contributed by atoms with Crippen LogP contribution in [0.1, 0.15) is 18.4 Å². The van der Waals surface area contributed by atoms with Crippen molar-refractivity contribution in [2.24, 2.45) is 0 Å². The Bertz CT molecular complexity index is 1110. The van der Waals surface area contributed by atoms with Crippen LogP contribution in [0.4, 0.5) is 24.8 Å². The van der Waals surface area contributed by atoms with Gasteiger partial charge in [-0.25, -0.2) is 9.97 Å². The van der Waals surface area contributed by atoms with Crippen molar-refractivity contribution in [2.45, 2.75) is 31.6 Å². The van der Waals surface area contributed by atoms with Gasteiger partial charge in [0.2, 0.25) is 18.3 Å². The van der Waals surface area contributed by atoms with Crippen molar-refractivity contribution in [1.82, 2.24) is 25.1 Å². The van der Waals surface area contributed by atoms with E-state index in [-0.39, 0.29) is 17.9 Å². The number of fused-ring (bicyclic) bond motifs is 1. The summed E-state index contributed by atoms with van der Waals surface area (Å²) in [6.07, 6.45) is 0.384. The van der Waals surface area contributed by atoms with E-state index in [1.807, 2.05) is 18.3 Å². The van der Waals surface area contributed by atoms with E-state index in [2.05, 4.69) is 25.7 Å². The number of alkyl halides is 3. The predicted molar refractivity (Wildman–Crippen MR) is 110 cm³/mol. The highest BCUT2D eigenvalue weighted by Gasteiger charge is 2.33. The highest BCUT2D eigenvalue weighted by atomic mass is 19.4. The first-order chi connectivity index (χ1) is 15.3. The van der Waals surface area contributed by atoms with Crippen LogP contribution >= 0.6 is 0 Å². The Kier molecular flexibility index (Phi) is 5.93. The van der Waals surface area contributed by atoms with Gasteiger partial charge in [0, 0.05) is 50.0 Å². The highest BCUT2D eigenvalue weighted by molar-refractivity contribution is 5.94. The highest BCUT2D eigenvalue weighted by Crippen LogP contribution is 2.29. The van der Waals surface area contributed by atoms with Crippen molar-refractivity contribution in [2.75, 3.05) is 23.3 Å². The normalized spacial score (nSPS) is 14.3. The fourth-order valence-corrected chi connectivity index (χ4v) is 3.46. The number of hydrogen-bond acceptors (Lipinski definition) is 6. The van der Waals surface area contributed by atoms with E-state index in [1.54, 1.807) is 15.6 Å². The van der Waals surface area contributed by atoms with Gasteiger partial charge >= 0.3 is 6.18 Å². The molecule has 0 radical (unpaired) electrons. The third-order valence-corrected chi connectivity index (χ3v) is 5.08. The predicted octanol–water partition coefficient (Wildman–Crippen LogP) is 2.20. The molecule has 1 saturated heterocycles. The number of amides is 2. The van der Waals surface area contributed by atoms with E-state index in [0.717, 1.165) is 17.8 Å². The molecular weight excluding hydrogens is 427 g/mol. The van der Waals surface area contributed by atoms with Gasteiger partial charge in [0.1, 0.15) is 5.52 Å². The summed E-state index contributed by atoms with van der Waals surface area (Å²) < 4.78 is 39.5. The van der Waals surface area contributed by atoms with Gasteiger partial charge in [-0.3, -0.25) is 14.3 Å². The zero-order valence-corrected chi connectivity index (χ0v) is 16.8. The van der Waals surface area contributed by atoms with Crippen molar-refractivity contribution in [1.29, 1.82) is 0 Å². The second kappa shape index (κ2) is 8.81. The first kappa shape index (κ1) is 21.5. The third kappa shape index (κ3) is 4.79. The number of carbonyl (C=O) groups excluding carboxylic acids is 2. The average molecular weight is 447 g/mol. The number of nitrogens with one attached hydrogen (secondary N) is 2. The number of anilines is 2. The Balaban J connectivity index is 1.21. The fraction of sp³-hybridized carbons (Fsp3) is 0.350. The first-order valence-electron chi connectivity index (χ1n) is 9.93. The van der Waals surface area contributed by atoms with E-state index in [4.69, 9.17) is 0 Å². The summed E-state index contributed by atoms with van der Waals surface area (Å²) in [6.45, 7) is 1.42. The lowest BCUT2D eigenvalue weighted by Gasteiger charge is -2.39. The van der Waals surface area contributed by atoms with Gasteiger partial charge in [0.15, 0.2) is 0 Å². The van der Waals surface area contributed by atoms with E-state index < -0.39 is 11.7 Å². The number of aromatic nitrogens is 4. The summed E-state index contributed by atoms with van der Waals surface area (Å²) in [5, 5.41) is 10.9. The van der Waals surface area contributed by atoms with Crippen LogP contribution in [0.2, 0.25) is 0 Å². The van der Waals surface area contributed by atoms with E-state index in [1.165, 1.54) is 0 Å². The van der Waals surface area contributed by atoms with Crippen molar-refractivity contribution in [3.63, 3.8) is 0 Å². The number of carbonyl (C=O) groups is 2. The molecule has 1 fully saturated rings. The lowest BCUT2D eigenvalue weighted by atomic mass is 10.1. The Labute approximate surface area is 180 Å². The summed E-state index contributed by atoms with van der Waals surface area (Å²) in [5.41, 5.74) is 0.414. The number of aryl methyl sites for hydroxylation is 1. The minimum absolute atomic E-state index is 0.0994. The number of hydrogen-bond donors (Lipinski definition) is 2. The molecule has 12 heteroatoms. The summed E-state index contributed by atoms with van der Waals surface area (Å²) in [6, 6.07) is 5.38. The Morgan fingerprint density at radius 1 is 1.22 bits per heavy atom. The Hall–Kier alpha value is -3.70. The minimum Gasteiger partial charge on any atom is -0.350 e. The third-order valence-electron chi connectivity index (χ3n) is 5.08. The van der Waals surface area contributed by atoms with Crippen molar-refractivity contribution in [3.8, 4) is 0 Å². The molecule has 3 heterocycles. The molecule has 4 rings (SSSR count). The van der Waals surface area contributed by atoms with E-state index >= 15 is 0 Å². The molecule has 2 N–H and O–H groups in total. The largest absolute Gasteiger partial charge is 0.419 e. The zero-order valence-electron chi connectivity index (χ0n) is 16.8. The molecule has 0 aliphatic carbocycles. The molecule has 0 atom stereocenters. The fourth-order valence-electron chi connectivity index (χ4n) is 3.46. The molecule has 1 aliphatic heterocycles. The summed E-state index contributed by atoms with van der Waals surface area (Å²) in [4.78, 5) is 32.1. The van der Waals surface area contributed by atoms with Crippen molar-refractivity contribution >= 4 is 34.9 Å². The Morgan fingerprint density at radius 3 is 2.66 bits per heavy atom. The van der Waals surface area contributed by atoms with Gasteiger partial charge in [-0.15, -0.1) is 0 Å². The van der Waals surface area contributed by atoms with Crippen LogP contribution in [0.15, 0.2) is 36.8 Å². The molecule has 0 bridgehead atoms. The maximum Gasteiger partial charge on any atom is 0.419 e. The lowest BCUT2D eigenvalue weighted by molar-refractivity contribution is -0.138. The van der Waals surface area contributed by atoms with Gasteiger partial charge in [-0.1, -0.05) is 12.1 Å². The quantitative estimate of drug-likeness (QED) is 0.513. The molecule has 1 aliphatic rings. The number of halogens is 3. The molecular formula is C20H20F3N7O2. The summed E-state index contributed by atoms with van der Waals surface area (Å²) >= 11 is 0. The standard InChI is InChI=1S/C20H20F3N7O2/c21-20(22,23)14-7-24-19(25-8-14)29-10-15(11-29)27-17(32)5-2-6-30-9-13-3-1-4-16(26-12-31)18(13)28-30/h1,3-4,7-9,12,15H,2,5-6,10-11H2,(H,26,31)(H,27,32). The maximum absolute atomic E-state index is 12.6. The van der Waals surface area contributed by atoms with Gasteiger partial charge < -0.3 is 15.5 Å². The van der Waals surface area contributed by atoms with Crippen LogP contribution in [-0.4, -0.2) is 51.2 Å². The van der Waals surface area contributed by atoms with Crippen molar-refractivity contribution < 1.29 is 22.8 Å². The van der Waals surface area contributed by atoms with Crippen molar-refractivity contribution in [3.05, 3.63) is 42.4 Å². The molecule has 168 valence electrons. The lowest BCUT2D eigenvalue weighted by Crippen LogP contribution is -2.60. The average Bonchev–Trinajstić information content (AvgIpc) is 3.14. The first-order valence-corrected chi connectivity index (χ1v) is 9.93. The van der Waals surface area contributed by atoms with Gasteiger partial charge in [-0.2, -0.15) is 18.3 Å². The zero-order chi connectivity index (χ0) is 22.7. The molecule has 9 nitrogen and oxygen atoms in total. The van der Waals surface area contributed by atoms with Crippen LogP contribution in [0.3, 0.4) is 0 Å². The summed E-state index contributed by atoms with van der Waals surface area (Å²) in [5.74, 6) is 0.0979. The number of nitrogens with zero attached hydrogens (tertiary/aromatic N) is 5. The molecule has 3 aromatic rings. The van der Waals surface area contributed by atoms with Crippen LogP contribution in [0, 0.1) is 0 Å². The van der Waals surface area contributed by atoms with Crippen LogP contribution in [0.5, 0.6) is 0 Å². The van der Waals surface area contributed by atoms with Crippen LogP contribution in [-0.2, 0) is 22.3 Å². The smallest absolute Gasteiger partial charge is 0.350 e. The molecule has 1 aromatic carbocycles. The molecule has 2 amide bonds. The molecule has 2 aromatic heterocycles. The monoisotopic (exact) mass is 447 g/mol. The topological polar surface area (TPSA) is 105 Å². The second-order valence-electron chi connectivity index (χ2n) is 7.44. The Morgan fingerprint density at radius 2 is 1.97 bits per heavy atom. The minimum atomic E-state index is -4.47. The molecule has 32 heavy (non-hydrogen) atoms. The van der Waals surface area contributed by atoms with Crippen LogP contribution < -0.4 is 15.5 Å². The SMILES string of the molecule is O=CNc1cccc2cn(CCCC(=O)NC3CN(c4ncc(C(F)(F)F)cn4)C3)nc12. The van der Waals surface area contributed by atoms with Gasteiger partial charge in [0.05, 0.1) is 17.3 Å². The number of rotatable bonds is 8. The van der Waals surface area contributed by atoms with E-state index in [9.17, 15) is 22.8 Å². The number of benzene rings is 1. The van der Waals surface area contributed by atoms with E-state index in [0.29, 0.717) is 50.1 Å². The summed E-state index contributed by atoms with van der Waals surface area (Å²) in [7, 11) is 0. The molecule has 0 spiro atoms. The molecule has 0 unspecified atom stereocenters. The molecule has 0 saturated carbocycles. The van der Waals surface area contributed by atoms with Crippen LogP contribution in [0.25, 0.3) is 10.9 Å². The maximum atomic E-state index is 12.6.